The molecule has 0 unspecified atom stereocenters. The first-order valence-electron chi connectivity index (χ1n) is 11.1. The fourth-order valence-corrected chi connectivity index (χ4v) is 7.08. The van der Waals surface area contributed by atoms with Crippen molar-refractivity contribution in [3.05, 3.63) is 59.5 Å². The Morgan fingerprint density at radius 2 is 1.97 bits per heavy atom. The molecule has 1 aromatic heterocycles. The Morgan fingerprint density at radius 3 is 2.64 bits per heavy atom. The summed E-state index contributed by atoms with van der Waals surface area (Å²) >= 11 is 0. The third-order valence-electron chi connectivity index (χ3n) is 7.27. The van der Waals surface area contributed by atoms with E-state index in [4.69, 9.17) is 4.74 Å². The zero-order chi connectivity index (χ0) is 23.4. The van der Waals surface area contributed by atoms with Gasteiger partial charge in [0.15, 0.2) is 0 Å². The van der Waals surface area contributed by atoms with Crippen molar-refractivity contribution < 1.29 is 22.7 Å². The minimum absolute atomic E-state index is 0.0103. The zero-order valence-corrected chi connectivity index (χ0v) is 19.5. The maximum absolute atomic E-state index is 13.7. The fourth-order valence-electron chi connectivity index (χ4n) is 5.60. The summed E-state index contributed by atoms with van der Waals surface area (Å²) in [5.41, 5.74) is 2.84. The van der Waals surface area contributed by atoms with E-state index in [1.165, 1.54) is 28.1 Å². The van der Waals surface area contributed by atoms with Gasteiger partial charge in [-0.05, 0) is 55.8 Å². The number of nitrogens with one attached hydrogen (secondary N) is 1. The van der Waals surface area contributed by atoms with Crippen LogP contribution in [0.15, 0.2) is 47.4 Å². The summed E-state index contributed by atoms with van der Waals surface area (Å²) in [5.74, 6) is 0.187. The van der Waals surface area contributed by atoms with Crippen LogP contribution in [0.4, 0.5) is 4.39 Å². The smallest absolute Gasteiger partial charge is 0.243 e. The van der Waals surface area contributed by atoms with Gasteiger partial charge in [-0.15, -0.1) is 0 Å². The predicted molar refractivity (Wildman–Crippen MR) is 123 cm³/mol. The first-order chi connectivity index (χ1) is 15.8. The lowest BCUT2D eigenvalue weighted by Crippen LogP contribution is -2.53. The highest BCUT2D eigenvalue weighted by Gasteiger charge is 2.47. The van der Waals surface area contributed by atoms with Crippen LogP contribution in [-0.4, -0.2) is 68.1 Å². The molecule has 9 heteroatoms. The van der Waals surface area contributed by atoms with Crippen LogP contribution in [0.25, 0.3) is 10.9 Å². The van der Waals surface area contributed by atoms with Crippen molar-refractivity contribution in [3.8, 4) is 5.75 Å². The minimum atomic E-state index is -3.77. The van der Waals surface area contributed by atoms with Gasteiger partial charge in [0.25, 0.3) is 0 Å². The molecule has 33 heavy (non-hydrogen) atoms. The van der Waals surface area contributed by atoms with E-state index in [1.54, 1.807) is 7.11 Å². The van der Waals surface area contributed by atoms with Gasteiger partial charge in [0.2, 0.25) is 10.0 Å². The number of nitrogens with zero attached hydrogens (tertiary/aromatic N) is 2. The van der Waals surface area contributed by atoms with E-state index in [9.17, 15) is 17.9 Å². The number of benzene rings is 2. The molecule has 0 amide bonds. The molecule has 1 spiro atoms. The van der Waals surface area contributed by atoms with E-state index in [0.717, 1.165) is 35.0 Å². The highest BCUT2D eigenvalue weighted by atomic mass is 32.2. The first-order valence-corrected chi connectivity index (χ1v) is 12.5. The van der Waals surface area contributed by atoms with Crippen molar-refractivity contribution in [1.82, 2.24) is 14.2 Å². The molecule has 0 bridgehead atoms. The molecule has 1 atom stereocenters. The number of aromatic amines is 1. The molecule has 1 fully saturated rings. The van der Waals surface area contributed by atoms with Crippen LogP contribution in [0.5, 0.6) is 5.75 Å². The molecule has 7 nitrogen and oxygen atoms in total. The Morgan fingerprint density at radius 1 is 1.21 bits per heavy atom. The number of aliphatic hydroxyl groups excluding tert-OH is 1. The Kier molecular flexibility index (Phi) is 5.48. The maximum Gasteiger partial charge on any atom is 0.243 e. The van der Waals surface area contributed by atoms with Gasteiger partial charge < -0.3 is 14.8 Å². The number of fused-ring (bicyclic) bond motifs is 4. The standard InChI is InChI=1S/C24H28FN3O4S/c1-27-15-24(8-10-28(11-9-24)33(30,31)18-5-3-4-16(25)12-18)22-19-7-6-17(32-2)13-20(19)26-23(22)21(27)14-29/h3-7,12-13,21,26,29H,8-11,14-15H2,1-2H3/t21-/m0/s1. The number of H-pyrrole nitrogens is 1. The Labute approximate surface area is 192 Å². The van der Waals surface area contributed by atoms with Crippen molar-refractivity contribution in [2.45, 2.75) is 29.2 Å². The van der Waals surface area contributed by atoms with Crippen LogP contribution in [0.3, 0.4) is 0 Å². The third-order valence-corrected chi connectivity index (χ3v) is 9.16. The molecule has 176 valence electrons. The van der Waals surface area contributed by atoms with E-state index >= 15 is 0 Å². The lowest BCUT2D eigenvalue weighted by atomic mass is 9.68. The molecule has 0 aliphatic carbocycles. The van der Waals surface area contributed by atoms with Crippen LogP contribution in [-0.2, 0) is 15.4 Å². The SMILES string of the molecule is COc1ccc2c3c([nH]c2c1)[C@H](CO)N(C)CC31CCN(S(=O)(=O)c2cccc(F)c2)CC1. The second kappa shape index (κ2) is 8.09. The van der Waals surface area contributed by atoms with Crippen LogP contribution in [0.1, 0.15) is 30.1 Å². The number of ether oxygens (including phenoxy) is 1. The second-order valence-corrected chi connectivity index (χ2v) is 11.0. The van der Waals surface area contributed by atoms with Crippen molar-refractivity contribution in [1.29, 1.82) is 0 Å². The quantitative estimate of drug-likeness (QED) is 0.609. The molecule has 3 aromatic rings. The average Bonchev–Trinajstić information content (AvgIpc) is 3.19. The summed E-state index contributed by atoms with van der Waals surface area (Å²) in [6, 6.07) is 11.0. The Balaban J connectivity index is 1.53. The van der Waals surface area contributed by atoms with Crippen molar-refractivity contribution in [2.75, 3.05) is 40.4 Å². The van der Waals surface area contributed by atoms with Crippen molar-refractivity contribution in [3.63, 3.8) is 0 Å². The third kappa shape index (κ3) is 3.54. The van der Waals surface area contributed by atoms with Crippen LogP contribution in [0.2, 0.25) is 0 Å². The number of hydrogen-bond acceptors (Lipinski definition) is 5. The van der Waals surface area contributed by atoms with Crippen LogP contribution < -0.4 is 4.74 Å². The van der Waals surface area contributed by atoms with E-state index in [0.29, 0.717) is 25.9 Å². The molecular weight excluding hydrogens is 445 g/mol. The summed E-state index contributed by atoms with van der Waals surface area (Å²) in [7, 11) is -0.146. The number of methoxy groups -OCH3 is 1. The van der Waals surface area contributed by atoms with Gasteiger partial charge in [-0.3, -0.25) is 4.90 Å². The van der Waals surface area contributed by atoms with Crippen LogP contribution >= 0.6 is 0 Å². The molecule has 0 saturated carbocycles. The average molecular weight is 474 g/mol. The Bertz CT molecular complexity index is 1300. The normalized spacial score (nSPS) is 21.4. The molecule has 3 heterocycles. The van der Waals surface area contributed by atoms with Gasteiger partial charge in [0, 0.05) is 47.7 Å². The van der Waals surface area contributed by atoms with Gasteiger partial charge in [-0.1, -0.05) is 6.07 Å². The van der Waals surface area contributed by atoms with Gasteiger partial charge in [0.1, 0.15) is 11.6 Å². The molecular formula is C24H28FN3O4S. The number of halogens is 1. The second-order valence-electron chi connectivity index (χ2n) is 9.08. The van der Waals surface area contributed by atoms with Crippen LogP contribution in [0, 0.1) is 5.82 Å². The summed E-state index contributed by atoms with van der Waals surface area (Å²) < 4.78 is 46.8. The van der Waals surface area contributed by atoms with Gasteiger partial charge in [0.05, 0.1) is 24.7 Å². The van der Waals surface area contributed by atoms with Gasteiger partial charge in [-0.25, -0.2) is 12.8 Å². The van der Waals surface area contributed by atoms with E-state index in [-0.39, 0.29) is 23.0 Å². The minimum Gasteiger partial charge on any atom is -0.497 e. The molecule has 2 aliphatic heterocycles. The number of sulfonamides is 1. The molecule has 2 N–H and O–H groups in total. The predicted octanol–water partition coefficient (Wildman–Crippen LogP) is 3.02. The number of hydrogen-bond donors (Lipinski definition) is 2. The number of piperidine rings is 1. The zero-order valence-electron chi connectivity index (χ0n) is 18.7. The number of likely N-dealkylation sites (N-methyl/N-ethyl adjacent to an activating group) is 1. The van der Waals surface area contributed by atoms with E-state index < -0.39 is 15.8 Å². The topological polar surface area (TPSA) is 85.9 Å². The molecule has 2 aliphatic rings. The Hall–Kier alpha value is -2.46. The molecule has 2 aromatic carbocycles. The summed E-state index contributed by atoms with van der Waals surface area (Å²) in [5, 5.41) is 11.2. The lowest BCUT2D eigenvalue weighted by Gasteiger charge is -2.49. The highest BCUT2D eigenvalue weighted by molar-refractivity contribution is 7.89. The van der Waals surface area contributed by atoms with E-state index in [2.05, 4.69) is 9.88 Å². The largest absolute Gasteiger partial charge is 0.497 e. The maximum atomic E-state index is 13.7. The molecule has 1 saturated heterocycles. The van der Waals surface area contributed by atoms with E-state index in [1.807, 2.05) is 25.2 Å². The number of aliphatic hydroxyl groups is 1. The lowest BCUT2D eigenvalue weighted by molar-refractivity contribution is 0.0797. The fraction of sp³-hybridized carbons (Fsp3) is 0.417. The monoisotopic (exact) mass is 473 g/mol. The van der Waals surface area contributed by atoms with Gasteiger partial charge >= 0.3 is 0 Å². The molecule has 5 rings (SSSR count). The summed E-state index contributed by atoms with van der Waals surface area (Å²) in [6.45, 7) is 1.40. The highest BCUT2D eigenvalue weighted by Crippen LogP contribution is 2.49. The summed E-state index contributed by atoms with van der Waals surface area (Å²) in [4.78, 5) is 5.64. The molecule has 0 radical (unpaired) electrons. The van der Waals surface area contributed by atoms with Crippen molar-refractivity contribution >= 4 is 20.9 Å². The summed E-state index contributed by atoms with van der Waals surface area (Å²) in [6.07, 6.45) is 1.27. The number of rotatable bonds is 4. The first kappa shape index (κ1) is 22.3. The van der Waals surface area contributed by atoms with Gasteiger partial charge in [-0.2, -0.15) is 4.31 Å². The van der Waals surface area contributed by atoms with Crippen molar-refractivity contribution in [2.24, 2.45) is 0 Å². The number of aromatic nitrogens is 1.